The lowest BCUT2D eigenvalue weighted by Crippen LogP contribution is -2.15. The largest absolute Gasteiger partial charge is 0.487 e. The van der Waals surface area contributed by atoms with E-state index in [1.165, 1.54) is 21.9 Å². The number of benzene rings is 3. The highest BCUT2D eigenvalue weighted by Gasteiger charge is 2.11. The standard InChI is InChI=1S/C27H24N3O/c1-2-10-26(11-3-1)31-20-25-18-27(29-28-25)24-9-6-15-30(19-24)16-14-21-12-13-22-7-4-5-8-23(22)17-21/h1-8,10-15,17-19H,9,16,20H2,(H,28,29). The fourth-order valence-corrected chi connectivity index (χ4v) is 3.73. The lowest BCUT2D eigenvalue weighted by molar-refractivity contribution is 0.301. The van der Waals surface area contributed by atoms with E-state index in [2.05, 4.69) is 88.5 Å². The summed E-state index contributed by atoms with van der Waals surface area (Å²) in [5.74, 6) is 0.849. The topological polar surface area (TPSA) is 41.1 Å². The molecule has 0 amide bonds. The summed E-state index contributed by atoms with van der Waals surface area (Å²) in [5, 5.41) is 10.1. The van der Waals surface area contributed by atoms with Crippen molar-refractivity contribution in [2.75, 3.05) is 6.54 Å². The number of hydrogen-bond donors (Lipinski definition) is 1. The minimum atomic E-state index is 0.448. The first-order valence-corrected chi connectivity index (χ1v) is 10.5. The average molecular weight is 407 g/mol. The fraction of sp³-hybridized carbons (Fsp3) is 0.111. The van der Waals surface area contributed by atoms with E-state index in [-0.39, 0.29) is 0 Å². The van der Waals surface area contributed by atoms with Gasteiger partial charge in [-0.2, -0.15) is 5.10 Å². The van der Waals surface area contributed by atoms with Gasteiger partial charge in [-0.25, -0.2) is 0 Å². The number of H-pyrrole nitrogens is 1. The molecular weight excluding hydrogens is 382 g/mol. The molecule has 1 aromatic heterocycles. The normalized spacial score (nSPS) is 13.4. The molecule has 31 heavy (non-hydrogen) atoms. The van der Waals surface area contributed by atoms with Crippen molar-refractivity contribution in [2.45, 2.75) is 13.0 Å². The van der Waals surface area contributed by atoms with Gasteiger partial charge in [-0.1, -0.05) is 66.7 Å². The SMILES string of the molecule is [CH](CN1C=CCC(c2cc(COc3ccccc3)n[nH]2)=C1)c1ccc2ccccc2c1. The zero-order chi connectivity index (χ0) is 20.9. The highest BCUT2D eigenvalue weighted by atomic mass is 16.5. The Morgan fingerprint density at radius 1 is 0.935 bits per heavy atom. The molecule has 3 aromatic carbocycles. The number of nitrogens with zero attached hydrogens (tertiary/aromatic N) is 2. The third-order valence-corrected chi connectivity index (χ3v) is 5.37. The van der Waals surface area contributed by atoms with E-state index in [1.54, 1.807) is 0 Å². The van der Waals surface area contributed by atoms with Crippen LogP contribution in [0.4, 0.5) is 0 Å². The predicted octanol–water partition coefficient (Wildman–Crippen LogP) is 5.95. The number of allylic oxidation sites excluding steroid dienone is 2. The second-order valence-corrected chi connectivity index (χ2v) is 7.63. The summed E-state index contributed by atoms with van der Waals surface area (Å²) < 4.78 is 5.80. The van der Waals surface area contributed by atoms with Crippen LogP contribution >= 0.6 is 0 Å². The molecule has 0 unspecified atom stereocenters. The quantitative estimate of drug-likeness (QED) is 0.412. The molecule has 1 radical (unpaired) electrons. The molecule has 0 saturated carbocycles. The Morgan fingerprint density at radius 3 is 2.68 bits per heavy atom. The van der Waals surface area contributed by atoms with Crippen LogP contribution in [0.25, 0.3) is 16.3 Å². The first-order valence-electron chi connectivity index (χ1n) is 10.5. The molecule has 1 N–H and O–H groups in total. The Bertz CT molecular complexity index is 1220. The van der Waals surface area contributed by atoms with Crippen LogP contribution in [0.15, 0.2) is 97.3 Å². The summed E-state index contributed by atoms with van der Waals surface area (Å²) in [6, 6.07) is 26.9. The van der Waals surface area contributed by atoms with E-state index in [1.807, 2.05) is 30.3 Å². The number of para-hydroxylation sites is 1. The molecule has 5 rings (SSSR count). The van der Waals surface area contributed by atoms with Gasteiger partial charge in [0.1, 0.15) is 18.1 Å². The van der Waals surface area contributed by atoms with E-state index in [0.29, 0.717) is 6.61 Å². The van der Waals surface area contributed by atoms with Crippen molar-refractivity contribution in [3.8, 4) is 5.75 Å². The number of ether oxygens (including phenoxy) is 1. The minimum absolute atomic E-state index is 0.448. The van der Waals surface area contributed by atoms with Gasteiger partial charge in [0.25, 0.3) is 0 Å². The monoisotopic (exact) mass is 406 g/mol. The Morgan fingerprint density at radius 2 is 1.77 bits per heavy atom. The van der Waals surface area contributed by atoms with Crippen LogP contribution in [0.3, 0.4) is 0 Å². The molecule has 1 aliphatic rings. The second kappa shape index (κ2) is 8.92. The minimum Gasteiger partial charge on any atom is -0.487 e. The van der Waals surface area contributed by atoms with E-state index in [9.17, 15) is 0 Å². The Kier molecular flexibility index (Phi) is 5.52. The van der Waals surface area contributed by atoms with Crippen LogP contribution in [0.1, 0.15) is 23.4 Å². The molecule has 4 nitrogen and oxygen atoms in total. The van der Waals surface area contributed by atoms with Gasteiger partial charge >= 0.3 is 0 Å². The number of hydrogen-bond acceptors (Lipinski definition) is 3. The van der Waals surface area contributed by atoms with Gasteiger partial charge < -0.3 is 9.64 Å². The van der Waals surface area contributed by atoms with Crippen LogP contribution in [0.2, 0.25) is 0 Å². The van der Waals surface area contributed by atoms with Gasteiger partial charge in [0.05, 0.1) is 5.69 Å². The molecule has 0 spiro atoms. The lowest BCUT2D eigenvalue weighted by Gasteiger charge is -2.21. The van der Waals surface area contributed by atoms with E-state index >= 15 is 0 Å². The predicted molar refractivity (Wildman–Crippen MR) is 125 cm³/mol. The van der Waals surface area contributed by atoms with Gasteiger partial charge in [0.2, 0.25) is 0 Å². The molecule has 0 bridgehead atoms. The summed E-state index contributed by atoms with van der Waals surface area (Å²) in [5.41, 5.74) is 4.37. The maximum atomic E-state index is 5.80. The fourth-order valence-electron chi connectivity index (χ4n) is 3.73. The summed E-state index contributed by atoms with van der Waals surface area (Å²) >= 11 is 0. The van der Waals surface area contributed by atoms with Crippen LogP contribution < -0.4 is 4.74 Å². The number of aromatic nitrogens is 2. The Hall–Kier alpha value is -3.79. The van der Waals surface area contributed by atoms with Crippen LogP contribution in [0, 0.1) is 6.42 Å². The first kappa shape index (κ1) is 19.2. The molecule has 0 atom stereocenters. The highest BCUT2D eigenvalue weighted by Crippen LogP contribution is 2.24. The molecule has 4 heteroatoms. The van der Waals surface area contributed by atoms with Gasteiger partial charge in [-0.05, 0) is 52.7 Å². The maximum absolute atomic E-state index is 5.80. The number of nitrogens with one attached hydrogen (secondary N) is 1. The highest BCUT2D eigenvalue weighted by molar-refractivity contribution is 5.83. The third kappa shape index (κ3) is 4.69. The molecule has 1 aliphatic heterocycles. The van der Waals surface area contributed by atoms with Crippen molar-refractivity contribution in [3.05, 3.63) is 121 Å². The Labute approximate surface area is 182 Å². The first-order chi connectivity index (χ1) is 15.3. The molecule has 0 aliphatic carbocycles. The zero-order valence-corrected chi connectivity index (χ0v) is 17.2. The van der Waals surface area contributed by atoms with Gasteiger partial charge in [0.15, 0.2) is 0 Å². The number of aromatic amines is 1. The van der Waals surface area contributed by atoms with Crippen molar-refractivity contribution in [1.82, 2.24) is 15.1 Å². The van der Waals surface area contributed by atoms with Crippen molar-refractivity contribution in [2.24, 2.45) is 0 Å². The van der Waals surface area contributed by atoms with Crippen molar-refractivity contribution in [3.63, 3.8) is 0 Å². The average Bonchev–Trinajstić information content (AvgIpc) is 3.31. The smallest absolute Gasteiger partial charge is 0.132 e. The van der Waals surface area contributed by atoms with E-state index in [4.69, 9.17) is 4.74 Å². The maximum Gasteiger partial charge on any atom is 0.132 e. The summed E-state index contributed by atoms with van der Waals surface area (Å²) in [6.45, 7) is 1.26. The van der Waals surface area contributed by atoms with E-state index in [0.717, 1.165) is 30.1 Å². The summed E-state index contributed by atoms with van der Waals surface area (Å²) in [4.78, 5) is 2.20. The molecule has 0 saturated heterocycles. The van der Waals surface area contributed by atoms with Crippen molar-refractivity contribution >= 4 is 16.3 Å². The van der Waals surface area contributed by atoms with Gasteiger partial charge in [-0.15, -0.1) is 0 Å². The molecule has 2 heterocycles. The van der Waals surface area contributed by atoms with Gasteiger partial charge in [0, 0.05) is 19.2 Å². The Balaban J connectivity index is 1.21. The third-order valence-electron chi connectivity index (χ3n) is 5.37. The lowest BCUT2D eigenvalue weighted by atomic mass is 10.0. The summed E-state index contributed by atoms with van der Waals surface area (Å²) in [7, 11) is 0. The number of rotatable bonds is 7. The number of fused-ring (bicyclic) bond motifs is 1. The molecule has 4 aromatic rings. The van der Waals surface area contributed by atoms with Crippen LogP contribution in [-0.4, -0.2) is 21.6 Å². The zero-order valence-electron chi connectivity index (χ0n) is 17.2. The van der Waals surface area contributed by atoms with Crippen molar-refractivity contribution in [1.29, 1.82) is 0 Å². The summed E-state index contributed by atoms with van der Waals surface area (Å²) in [6.07, 6.45) is 9.64. The second-order valence-electron chi connectivity index (χ2n) is 7.63. The molecular formula is C27H24N3O. The van der Waals surface area contributed by atoms with Crippen LogP contribution in [0.5, 0.6) is 5.75 Å². The van der Waals surface area contributed by atoms with Gasteiger partial charge in [-0.3, -0.25) is 5.10 Å². The van der Waals surface area contributed by atoms with E-state index < -0.39 is 0 Å². The van der Waals surface area contributed by atoms with Crippen LogP contribution in [-0.2, 0) is 6.61 Å². The van der Waals surface area contributed by atoms with Crippen molar-refractivity contribution < 1.29 is 4.74 Å². The molecule has 0 fully saturated rings. The molecule has 153 valence electrons.